The van der Waals surface area contributed by atoms with Gasteiger partial charge in [0, 0.05) is 11.7 Å². The Bertz CT molecular complexity index is 501. The number of pyridine rings is 1. The van der Waals surface area contributed by atoms with Crippen LogP contribution >= 0.6 is 0 Å². The number of hydrogen-bond donors (Lipinski definition) is 0. The van der Waals surface area contributed by atoms with E-state index in [9.17, 15) is 0 Å². The summed E-state index contributed by atoms with van der Waals surface area (Å²) in [7, 11) is 0. The van der Waals surface area contributed by atoms with Crippen LogP contribution in [0.15, 0.2) is 24.4 Å². The molecule has 2 heteroatoms. The highest BCUT2D eigenvalue weighted by atomic mass is 14.9. The van der Waals surface area contributed by atoms with E-state index in [1.54, 1.807) is 0 Å². The van der Waals surface area contributed by atoms with E-state index in [1.807, 2.05) is 29.7 Å². The molecule has 0 unspecified atom stereocenters. The minimum atomic E-state index is 0.696. The van der Waals surface area contributed by atoms with Crippen molar-refractivity contribution in [2.45, 2.75) is 13.8 Å². The fraction of sp³-hybridized carbons (Fsp3) is 0.182. The van der Waals surface area contributed by atoms with Gasteiger partial charge in [0.2, 0.25) is 0 Å². The molecule has 2 nitrogen and oxygen atoms in total. The minimum Gasteiger partial charge on any atom is -0.308 e. The second-order valence-corrected chi connectivity index (χ2v) is 3.29. The van der Waals surface area contributed by atoms with Crippen molar-refractivity contribution in [3.8, 4) is 6.07 Å². The van der Waals surface area contributed by atoms with Crippen LogP contribution in [0, 0.1) is 25.2 Å². The molecule has 0 spiro atoms. The summed E-state index contributed by atoms with van der Waals surface area (Å²) in [6.45, 7) is 4.09. The highest BCUT2D eigenvalue weighted by molar-refractivity contribution is 5.58. The third-order valence-corrected chi connectivity index (χ3v) is 2.21. The van der Waals surface area contributed by atoms with Gasteiger partial charge in [-0.3, -0.25) is 0 Å². The molecule has 2 aromatic rings. The summed E-state index contributed by atoms with van der Waals surface area (Å²) in [4.78, 5) is 0. The average Bonchev–Trinajstić information content (AvgIpc) is 2.47. The summed E-state index contributed by atoms with van der Waals surface area (Å²) >= 11 is 0. The van der Waals surface area contributed by atoms with Crippen molar-refractivity contribution in [1.82, 2.24) is 4.40 Å². The molecule has 2 heterocycles. The molecule has 0 N–H and O–H groups in total. The van der Waals surface area contributed by atoms with Crippen molar-refractivity contribution in [3.05, 3.63) is 41.2 Å². The van der Waals surface area contributed by atoms with Crippen molar-refractivity contribution in [1.29, 1.82) is 5.26 Å². The molecule has 13 heavy (non-hydrogen) atoms. The van der Waals surface area contributed by atoms with Gasteiger partial charge in [-0.05, 0) is 37.1 Å². The van der Waals surface area contributed by atoms with Crippen molar-refractivity contribution in [3.63, 3.8) is 0 Å². The van der Waals surface area contributed by atoms with Gasteiger partial charge in [0.25, 0.3) is 0 Å². The highest BCUT2D eigenvalue weighted by Crippen LogP contribution is 2.15. The summed E-state index contributed by atoms with van der Waals surface area (Å²) in [6, 6.07) is 8.12. The minimum absolute atomic E-state index is 0.696. The normalized spacial score (nSPS) is 10.2. The zero-order valence-electron chi connectivity index (χ0n) is 7.70. The number of aromatic nitrogens is 1. The maximum atomic E-state index is 8.84. The summed E-state index contributed by atoms with van der Waals surface area (Å²) < 4.78 is 1.94. The van der Waals surface area contributed by atoms with Crippen LogP contribution in [-0.4, -0.2) is 4.40 Å². The van der Waals surface area contributed by atoms with E-state index in [0.29, 0.717) is 5.69 Å². The third-order valence-electron chi connectivity index (χ3n) is 2.21. The number of hydrogen-bond acceptors (Lipinski definition) is 1. The largest absolute Gasteiger partial charge is 0.308 e. The molecule has 0 bridgehead atoms. The quantitative estimate of drug-likeness (QED) is 0.596. The van der Waals surface area contributed by atoms with E-state index in [1.165, 1.54) is 11.1 Å². The molecule has 2 rings (SSSR count). The van der Waals surface area contributed by atoms with Crippen molar-refractivity contribution in [2.75, 3.05) is 0 Å². The monoisotopic (exact) mass is 170 g/mol. The third kappa shape index (κ3) is 1.09. The molecule has 0 aliphatic carbocycles. The first-order valence-electron chi connectivity index (χ1n) is 4.21. The lowest BCUT2D eigenvalue weighted by Gasteiger charge is -2.02. The molecule has 0 aliphatic rings. The van der Waals surface area contributed by atoms with Crippen LogP contribution in [0.25, 0.3) is 5.52 Å². The van der Waals surface area contributed by atoms with Gasteiger partial charge in [0.05, 0.1) is 0 Å². The number of aryl methyl sites for hydroxylation is 2. The second-order valence-electron chi connectivity index (χ2n) is 3.29. The molecule has 2 aromatic heterocycles. The maximum absolute atomic E-state index is 8.84. The van der Waals surface area contributed by atoms with Crippen molar-refractivity contribution in [2.24, 2.45) is 0 Å². The zero-order chi connectivity index (χ0) is 9.42. The van der Waals surface area contributed by atoms with Crippen LogP contribution in [0.5, 0.6) is 0 Å². The van der Waals surface area contributed by atoms with Crippen LogP contribution < -0.4 is 0 Å². The Hall–Kier alpha value is -1.75. The molecular formula is C11H10N2. The van der Waals surface area contributed by atoms with Crippen molar-refractivity contribution >= 4 is 5.52 Å². The van der Waals surface area contributed by atoms with Crippen LogP contribution in [-0.2, 0) is 0 Å². The molecule has 0 fully saturated rings. The van der Waals surface area contributed by atoms with Gasteiger partial charge in [-0.1, -0.05) is 6.07 Å². The fourth-order valence-corrected chi connectivity index (χ4v) is 1.66. The lowest BCUT2D eigenvalue weighted by atomic mass is 10.2. The molecule has 0 radical (unpaired) electrons. The Labute approximate surface area is 77.0 Å². The number of fused-ring (bicyclic) bond motifs is 1. The van der Waals surface area contributed by atoms with Crippen LogP contribution in [0.3, 0.4) is 0 Å². The van der Waals surface area contributed by atoms with Crippen LogP contribution in [0.2, 0.25) is 0 Å². The average molecular weight is 170 g/mol. The van der Waals surface area contributed by atoms with Gasteiger partial charge in [0.15, 0.2) is 0 Å². The zero-order valence-corrected chi connectivity index (χ0v) is 7.70. The van der Waals surface area contributed by atoms with Crippen LogP contribution in [0.1, 0.15) is 16.8 Å². The lowest BCUT2D eigenvalue weighted by molar-refractivity contribution is 1.12. The Morgan fingerprint density at radius 2 is 2.08 bits per heavy atom. The van der Waals surface area contributed by atoms with Gasteiger partial charge in [-0.2, -0.15) is 5.26 Å². The van der Waals surface area contributed by atoms with E-state index < -0.39 is 0 Å². The maximum Gasteiger partial charge on any atom is 0.124 e. The van der Waals surface area contributed by atoms with Gasteiger partial charge in [-0.15, -0.1) is 0 Å². The molecule has 0 atom stereocenters. The Morgan fingerprint density at radius 1 is 1.31 bits per heavy atom. The molecule has 0 saturated carbocycles. The van der Waals surface area contributed by atoms with E-state index in [4.69, 9.17) is 5.26 Å². The summed E-state index contributed by atoms with van der Waals surface area (Å²) in [5.74, 6) is 0. The topological polar surface area (TPSA) is 28.2 Å². The fourth-order valence-electron chi connectivity index (χ4n) is 1.66. The summed E-state index contributed by atoms with van der Waals surface area (Å²) in [6.07, 6.45) is 1.99. The predicted octanol–water partition coefficient (Wildman–Crippen LogP) is 2.43. The van der Waals surface area contributed by atoms with Gasteiger partial charge in [0.1, 0.15) is 11.8 Å². The molecule has 0 saturated heterocycles. The van der Waals surface area contributed by atoms with Gasteiger partial charge >= 0.3 is 0 Å². The van der Waals surface area contributed by atoms with E-state index >= 15 is 0 Å². The van der Waals surface area contributed by atoms with E-state index in [2.05, 4.69) is 19.1 Å². The Balaban J connectivity index is 2.92. The summed E-state index contributed by atoms with van der Waals surface area (Å²) in [5.41, 5.74) is 4.20. The first kappa shape index (κ1) is 7.88. The van der Waals surface area contributed by atoms with Gasteiger partial charge < -0.3 is 4.40 Å². The number of nitriles is 1. The molecule has 64 valence electrons. The second kappa shape index (κ2) is 2.63. The predicted molar refractivity (Wildman–Crippen MR) is 51.6 cm³/mol. The van der Waals surface area contributed by atoms with Crippen LogP contribution in [0.4, 0.5) is 0 Å². The first-order valence-corrected chi connectivity index (χ1v) is 4.21. The summed E-state index contributed by atoms with van der Waals surface area (Å²) in [5, 5.41) is 8.84. The number of rotatable bonds is 0. The Morgan fingerprint density at radius 3 is 2.77 bits per heavy atom. The standard InChI is InChI=1S/C11H10N2/c1-8-5-9(2)11-4-3-10(6-12)13(11)7-8/h3-5,7H,1-2H3. The highest BCUT2D eigenvalue weighted by Gasteiger charge is 2.02. The Kier molecular flexibility index (Phi) is 1.60. The van der Waals surface area contributed by atoms with Gasteiger partial charge in [-0.25, -0.2) is 0 Å². The molecular weight excluding hydrogens is 160 g/mol. The molecule has 0 aromatic carbocycles. The SMILES string of the molecule is Cc1cc(C)c2ccc(C#N)n2c1. The van der Waals surface area contributed by atoms with Crippen molar-refractivity contribution < 1.29 is 0 Å². The van der Waals surface area contributed by atoms with E-state index in [-0.39, 0.29) is 0 Å². The molecule has 0 aliphatic heterocycles. The smallest absolute Gasteiger partial charge is 0.124 e. The van der Waals surface area contributed by atoms with E-state index in [0.717, 1.165) is 5.52 Å². The lowest BCUT2D eigenvalue weighted by Crippen LogP contribution is -1.91. The first-order chi connectivity index (χ1) is 6.22. The molecule has 0 amide bonds. The number of nitrogens with zero attached hydrogens (tertiary/aromatic N) is 2.